The molecular formula is C15H15ClN2O4S. The maximum Gasteiger partial charge on any atom is 0.344 e. The van der Waals surface area contributed by atoms with E-state index >= 15 is 0 Å². The molecule has 2 aromatic rings. The number of esters is 1. The molecule has 1 aromatic carbocycles. The van der Waals surface area contributed by atoms with E-state index in [0.29, 0.717) is 21.6 Å². The highest BCUT2D eigenvalue weighted by Crippen LogP contribution is 2.21. The minimum absolute atomic E-state index is 0.0257. The lowest BCUT2D eigenvalue weighted by Gasteiger charge is -2.07. The average Bonchev–Trinajstić information content (AvgIpc) is 2.93. The Balaban J connectivity index is 1.77. The van der Waals surface area contributed by atoms with Crippen LogP contribution in [-0.4, -0.2) is 23.5 Å². The van der Waals surface area contributed by atoms with Gasteiger partial charge in [-0.15, -0.1) is 11.3 Å². The molecule has 2 rings (SSSR count). The van der Waals surface area contributed by atoms with Crippen LogP contribution >= 0.6 is 22.9 Å². The van der Waals surface area contributed by atoms with Crippen LogP contribution in [0.3, 0.4) is 0 Å². The number of anilines is 1. The molecule has 0 spiro atoms. The molecule has 6 nitrogen and oxygen atoms in total. The van der Waals surface area contributed by atoms with Crippen LogP contribution in [0, 0.1) is 6.92 Å². The minimum atomic E-state index is -0.508. The first-order valence-electron chi connectivity index (χ1n) is 6.70. The van der Waals surface area contributed by atoms with Crippen LogP contribution in [0.15, 0.2) is 23.6 Å². The maximum absolute atomic E-state index is 11.7. The van der Waals surface area contributed by atoms with Crippen LogP contribution in [-0.2, 0) is 20.9 Å². The van der Waals surface area contributed by atoms with Crippen molar-refractivity contribution in [1.29, 1.82) is 0 Å². The molecule has 0 aliphatic heterocycles. The van der Waals surface area contributed by atoms with Crippen molar-refractivity contribution in [2.75, 3.05) is 11.9 Å². The standard InChI is InChI=1S/C15H15ClN2O4S/c1-9-5-12(3-4-13(9)16)21-7-14(20)22-6-11-8-23-15(18-11)17-10(2)19/h3-5,8H,6-7H2,1-2H3,(H,17,18,19). The van der Waals surface area contributed by atoms with Gasteiger partial charge in [0.1, 0.15) is 12.4 Å². The van der Waals surface area contributed by atoms with Crippen LogP contribution < -0.4 is 10.1 Å². The lowest BCUT2D eigenvalue weighted by Crippen LogP contribution is -2.15. The number of hydrogen-bond donors (Lipinski definition) is 1. The van der Waals surface area contributed by atoms with Crippen molar-refractivity contribution in [2.45, 2.75) is 20.5 Å². The lowest BCUT2D eigenvalue weighted by atomic mass is 10.2. The van der Waals surface area contributed by atoms with Crippen LogP contribution in [0.2, 0.25) is 5.02 Å². The fraction of sp³-hybridized carbons (Fsp3) is 0.267. The SMILES string of the molecule is CC(=O)Nc1nc(COC(=O)COc2ccc(Cl)c(C)c2)cs1. The van der Waals surface area contributed by atoms with E-state index in [1.54, 1.807) is 23.6 Å². The number of rotatable bonds is 6. The quantitative estimate of drug-likeness (QED) is 0.806. The van der Waals surface area contributed by atoms with Gasteiger partial charge in [-0.3, -0.25) is 4.79 Å². The zero-order chi connectivity index (χ0) is 16.8. The van der Waals surface area contributed by atoms with E-state index in [1.165, 1.54) is 18.3 Å². The third-order valence-corrected chi connectivity index (χ3v) is 3.93. The largest absolute Gasteiger partial charge is 0.482 e. The Bertz CT molecular complexity index is 717. The first-order valence-corrected chi connectivity index (χ1v) is 7.96. The Kier molecular flexibility index (Phi) is 5.95. The zero-order valence-electron chi connectivity index (χ0n) is 12.6. The molecule has 1 aromatic heterocycles. The number of ether oxygens (including phenoxy) is 2. The highest BCUT2D eigenvalue weighted by molar-refractivity contribution is 7.13. The summed E-state index contributed by atoms with van der Waals surface area (Å²) >= 11 is 7.18. The fourth-order valence-corrected chi connectivity index (χ4v) is 2.49. The Morgan fingerprint density at radius 3 is 2.87 bits per heavy atom. The Hall–Kier alpha value is -2.12. The van der Waals surface area contributed by atoms with Crippen molar-refractivity contribution in [3.8, 4) is 5.75 Å². The number of aryl methyl sites for hydroxylation is 1. The second-order valence-corrected chi connectivity index (χ2v) is 5.95. The molecule has 0 unspecified atom stereocenters. The van der Waals surface area contributed by atoms with Crippen molar-refractivity contribution < 1.29 is 19.1 Å². The highest BCUT2D eigenvalue weighted by atomic mass is 35.5. The second kappa shape index (κ2) is 7.94. The van der Waals surface area contributed by atoms with Gasteiger partial charge >= 0.3 is 5.97 Å². The monoisotopic (exact) mass is 354 g/mol. The number of benzene rings is 1. The molecule has 0 aliphatic carbocycles. The second-order valence-electron chi connectivity index (χ2n) is 4.69. The minimum Gasteiger partial charge on any atom is -0.482 e. The first kappa shape index (κ1) is 17.2. The molecular weight excluding hydrogens is 340 g/mol. The molecule has 0 atom stereocenters. The van der Waals surface area contributed by atoms with Gasteiger partial charge in [-0.05, 0) is 30.7 Å². The van der Waals surface area contributed by atoms with Crippen molar-refractivity contribution in [3.63, 3.8) is 0 Å². The number of nitrogens with one attached hydrogen (secondary N) is 1. The van der Waals surface area contributed by atoms with Gasteiger partial charge in [-0.2, -0.15) is 0 Å². The number of halogens is 1. The van der Waals surface area contributed by atoms with Gasteiger partial charge in [-0.25, -0.2) is 9.78 Å². The molecule has 0 radical (unpaired) electrons. The third-order valence-electron chi connectivity index (χ3n) is 2.70. The zero-order valence-corrected chi connectivity index (χ0v) is 14.2. The van der Waals surface area contributed by atoms with E-state index in [-0.39, 0.29) is 19.1 Å². The summed E-state index contributed by atoms with van der Waals surface area (Å²) in [5, 5.41) is 5.38. The summed E-state index contributed by atoms with van der Waals surface area (Å²) in [6, 6.07) is 5.13. The summed E-state index contributed by atoms with van der Waals surface area (Å²) in [4.78, 5) is 26.7. The fourth-order valence-electron chi connectivity index (χ4n) is 1.63. The van der Waals surface area contributed by atoms with Crippen LogP contribution in [0.25, 0.3) is 0 Å². The molecule has 0 bridgehead atoms. The number of carbonyl (C=O) groups is 2. The van der Waals surface area contributed by atoms with Gasteiger partial charge in [-0.1, -0.05) is 11.6 Å². The van der Waals surface area contributed by atoms with Gasteiger partial charge in [0.25, 0.3) is 0 Å². The van der Waals surface area contributed by atoms with E-state index in [1.807, 2.05) is 6.92 Å². The van der Waals surface area contributed by atoms with Crippen molar-refractivity contribution in [3.05, 3.63) is 39.9 Å². The molecule has 0 saturated heterocycles. The van der Waals surface area contributed by atoms with E-state index in [4.69, 9.17) is 21.1 Å². The first-order chi connectivity index (χ1) is 10.9. The average molecular weight is 355 g/mol. The van der Waals surface area contributed by atoms with Gasteiger partial charge in [0, 0.05) is 17.3 Å². The Morgan fingerprint density at radius 2 is 2.17 bits per heavy atom. The number of hydrogen-bond acceptors (Lipinski definition) is 6. The summed E-state index contributed by atoms with van der Waals surface area (Å²) in [5.41, 5.74) is 1.43. The summed E-state index contributed by atoms with van der Waals surface area (Å²) in [7, 11) is 0. The van der Waals surface area contributed by atoms with E-state index < -0.39 is 5.97 Å². The molecule has 0 saturated carbocycles. The summed E-state index contributed by atoms with van der Waals surface area (Å²) in [6.07, 6.45) is 0. The van der Waals surface area contributed by atoms with Crippen LogP contribution in [0.4, 0.5) is 5.13 Å². The molecule has 8 heteroatoms. The summed E-state index contributed by atoms with van der Waals surface area (Å²) < 4.78 is 10.4. The van der Waals surface area contributed by atoms with E-state index in [0.717, 1.165) is 5.56 Å². The van der Waals surface area contributed by atoms with Crippen molar-refractivity contribution in [2.24, 2.45) is 0 Å². The smallest absolute Gasteiger partial charge is 0.344 e. The molecule has 1 amide bonds. The Labute approximate surface area is 142 Å². The topological polar surface area (TPSA) is 77.5 Å². The number of thiazole rings is 1. The Morgan fingerprint density at radius 1 is 1.39 bits per heavy atom. The van der Waals surface area contributed by atoms with E-state index in [2.05, 4.69) is 10.3 Å². The normalized spacial score (nSPS) is 10.2. The molecule has 0 fully saturated rings. The predicted molar refractivity (Wildman–Crippen MR) is 87.9 cm³/mol. The van der Waals surface area contributed by atoms with Crippen LogP contribution in [0.1, 0.15) is 18.2 Å². The molecule has 0 aliphatic rings. The lowest BCUT2D eigenvalue weighted by molar-refractivity contribution is -0.147. The summed E-state index contributed by atoms with van der Waals surface area (Å²) in [6.45, 7) is 3.07. The number of amides is 1. The van der Waals surface area contributed by atoms with Crippen LogP contribution in [0.5, 0.6) is 5.75 Å². The maximum atomic E-state index is 11.7. The third kappa shape index (κ3) is 5.54. The van der Waals surface area contributed by atoms with Gasteiger partial charge in [0.15, 0.2) is 11.7 Å². The van der Waals surface area contributed by atoms with Crippen molar-refractivity contribution >= 4 is 39.9 Å². The molecule has 1 heterocycles. The molecule has 23 heavy (non-hydrogen) atoms. The number of carbonyl (C=O) groups excluding carboxylic acids is 2. The molecule has 122 valence electrons. The predicted octanol–water partition coefficient (Wildman–Crippen LogP) is 3.19. The number of nitrogens with zero attached hydrogens (tertiary/aromatic N) is 1. The van der Waals surface area contributed by atoms with E-state index in [9.17, 15) is 9.59 Å². The molecule has 1 N–H and O–H groups in total. The van der Waals surface area contributed by atoms with Gasteiger partial charge < -0.3 is 14.8 Å². The van der Waals surface area contributed by atoms with Gasteiger partial charge in [0.05, 0.1) is 5.69 Å². The van der Waals surface area contributed by atoms with Crippen molar-refractivity contribution in [1.82, 2.24) is 4.98 Å². The van der Waals surface area contributed by atoms with Gasteiger partial charge in [0.2, 0.25) is 5.91 Å². The summed E-state index contributed by atoms with van der Waals surface area (Å²) in [5.74, 6) is -0.160. The highest BCUT2D eigenvalue weighted by Gasteiger charge is 2.08. The number of aromatic nitrogens is 1.